The van der Waals surface area contributed by atoms with Crippen molar-refractivity contribution in [2.75, 3.05) is 13.2 Å². The first-order chi connectivity index (χ1) is 5.17. The average molecular weight is 159 g/mol. The normalized spacial score (nSPS) is 14.5. The van der Waals surface area contributed by atoms with Crippen molar-refractivity contribution in [3.8, 4) is 0 Å². The first-order valence-corrected chi connectivity index (χ1v) is 4.53. The molecule has 0 amide bonds. The Morgan fingerprint density at radius 2 is 1.82 bits per heavy atom. The molecule has 0 bridgehead atoms. The van der Waals surface area contributed by atoms with Gasteiger partial charge in [0.25, 0.3) is 0 Å². The van der Waals surface area contributed by atoms with Crippen LogP contribution in [0.2, 0.25) is 0 Å². The largest absolute Gasteiger partial charge is 0.395 e. The molecule has 1 N–H and O–H groups in total. The summed E-state index contributed by atoms with van der Waals surface area (Å²) in [6.07, 6.45) is 1.03. The average Bonchev–Trinajstić information content (AvgIpc) is 1.99. The SMILES string of the molecule is CCC(CO)N(CC)C(C)C. The van der Waals surface area contributed by atoms with E-state index < -0.39 is 0 Å². The summed E-state index contributed by atoms with van der Waals surface area (Å²) in [6.45, 7) is 9.90. The Hall–Kier alpha value is -0.0800. The molecule has 2 heteroatoms. The first-order valence-electron chi connectivity index (χ1n) is 4.53. The second kappa shape index (κ2) is 5.56. The molecule has 0 aliphatic carbocycles. The zero-order valence-electron chi connectivity index (χ0n) is 8.17. The van der Waals surface area contributed by atoms with Crippen LogP contribution in [0, 0.1) is 0 Å². The smallest absolute Gasteiger partial charge is 0.0586 e. The number of aliphatic hydroxyl groups is 1. The predicted molar refractivity (Wildman–Crippen MR) is 48.7 cm³/mol. The van der Waals surface area contributed by atoms with Crippen LogP contribution in [0.25, 0.3) is 0 Å². The van der Waals surface area contributed by atoms with E-state index in [4.69, 9.17) is 5.11 Å². The zero-order chi connectivity index (χ0) is 8.85. The van der Waals surface area contributed by atoms with Crippen LogP contribution in [-0.4, -0.2) is 35.2 Å². The number of rotatable bonds is 5. The molecule has 0 fully saturated rings. The highest BCUT2D eigenvalue weighted by Gasteiger charge is 2.16. The molecule has 2 nitrogen and oxygen atoms in total. The molecule has 1 unspecified atom stereocenters. The predicted octanol–water partition coefficient (Wildman–Crippen LogP) is 1.49. The van der Waals surface area contributed by atoms with Gasteiger partial charge in [-0.15, -0.1) is 0 Å². The number of hydrogen-bond donors (Lipinski definition) is 1. The molecular formula is C9H21NO. The van der Waals surface area contributed by atoms with E-state index in [1.54, 1.807) is 0 Å². The Kier molecular flexibility index (Phi) is 5.51. The lowest BCUT2D eigenvalue weighted by Gasteiger charge is -2.32. The lowest BCUT2D eigenvalue weighted by atomic mass is 10.1. The van der Waals surface area contributed by atoms with Gasteiger partial charge < -0.3 is 5.11 Å². The van der Waals surface area contributed by atoms with Crippen molar-refractivity contribution < 1.29 is 5.11 Å². The molecule has 0 aliphatic rings. The summed E-state index contributed by atoms with van der Waals surface area (Å²) in [7, 11) is 0. The molecule has 0 radical (unpaired) electrons. The lowest BCUT2D eigenvalue weighted by Crippen LogP contribution is -2.42. The number of aliphatic hydroxyl groups excluding tert-OH is 1. The van der Waals surface area contributed by atoms with Crippen LogP contribution in [0.15, 0.2) is 0 Å². The molecule has 0 saturated carbocycles. The maximum atomic E-state index is 9.03. The van der Waals surface area contributed by atoms with Gasteiger partial charge in [0.05, 0.1) is 6.61 Å². The van der Waals surface area contributed by atoms with Gasteiger partial charge in [-0.1, -0.05) is 13.8 Å². The van der Waals surface area contributed by atoms with E-state index in [1.165, 1.54) is 0 Å². The summed E-state index contributed by atoms with van der Waals surface area (Å²) < 4.78 is 0. The third-order valence-corrected chi connectivity index (χ3v) is 2.18. The summed E-state index contributed by atoms with van der Waals surface area (Å²) in [6, 6.07) is 0.886. The molecular weight excluding hydrogens is 138 g/mol. The zero-order valence-corrected chi connectivity index (χ0v) is 8.17. The molecule has 0 saturated heterocycles. The minimum absolute atomic E-state index is 0.280. The van der Waals surface area contributed by atoms with Gasteiger partial charge in [0.2, 0.25) is 0 Å². The molecule has 0 aliphatic heterocycles. The minimum Gasteiger partial charge on any atom is -0.395 e. The van der Waals surface area contributed by atoms with E-state index in [2.05, 4.69) is 32.6 Å². The standard InChI is InChI=1S/C9H21NO/c1-5-9(7-11)10(6-2)8(3)4/h8-9,11H,5-7H2,1-4H3. The highest BCUT2D eigenvalue weighted by atomic mass is 16.3. The molecule has 1 atom stereocenters. The van der Waals surface area contributed by atoms with Crippen molar-refractivity contribution in [3.05, 3.63) is 0 Å². The number of likely N-dealkylation sites (N-methyl/N-ethyl adjacent to an activating group) is 1. The van der Waals surface area contributed by atoms with E-state index in [1.807, 2.05) is 0 Å². The molecule has 0 aromatic carbocycles. The summed E-state index contributed by atoms with van der Waals surface area (Å²) in [5.41, 5.74) is 0. The van der Waals surface area contributed by atoms with Gasteiger partial charge in [0.15, 0.2) is 0 Å². The van der Waals surface area contributed by atoms with E-state index in [9.17, 15) is 0 Å². The molecule has 0 rings (SSSR count). The lowest BCUT2D eigenvalue weighted by molar-refractivity contribution is 0.0981. The van der Waals surface area contributed by atoms with Crippen molar-refractivity contribution in [1.29, 1.82) is 0 Å². The van der Waals surface area contributed by atoms with Crippen molar-refractivity contribution in [3.63, 3.8) is 0 Å². The van der Waals surface area contributed by atoms with Gasteiger partial charge >= 0.3 is 0 Å². The van der Waals surface area contributed by atoms with Gasteiger partial charge in [0.1, 0.15) is 0 Å². The van der Waals surface area contributed by atoms with Crippen LogP contribution in [0.1, 0.15) is 34.1 Å². The fraction of sp³-hybridized carbons (Fsp3) is 1.00. The molecule has 68 valence electrons. The Morgan fingerprint density at radius 1 is 1.27 bits per heavy atom. The summed E-state index contributed by atoms with van der Waals surface area (Å²) >= 11 is 0. The fourth-order valence-electron chi connectivity index (χ4n) is 1.51. The van der Waals surface area contributed by atoms with E-state index in [-0.39, 0.29) is 6.61 Å². The van der Waals surface area contributed by atoms with Gasteiger partial charge in [-0.3, -0.25) is 4.90 Å². The van der Waals surface area contributed by atoms with Crippen molar-refractivity contribution in [2.45, 2.75) is 46.2 Å². The monoisotopic (exact) mass is 159 g/mol. The number of hydrogen-bond acceptors (Lipinski definition) is 2. The van der Waals surface area contributed by atoms with E-state index in [0.717, 1.165) is 13.0 Å². The second-order valence-corrected chi connectivity index (χ2v) is 3.17. The van der Waals surface area contributed by atoms with Gasteiger partial charge in [-0.05, 0) is 26.8 Å². The highest BCUT2D eigenvalue weighted by Crippen LogP contribution is 2.07. The Labute approximate surface area is 70.2 Å². The van der Waals surface area contributed by atoms with Gasteiger partial charge in [-0.2, -0.15) is 0 Å². The van der Waals surface area contributed by atoms with Crippen molar-refractivity contribution >= 4 is 0 Å². The van der Waals surface area contributed by atoms with E-state index >= 15 is 0 Å². The third-order valence-electron chi connectivity index (χ3n) is 2.18. The van der Waals surface area contributed by atoms with Crippen LogP contribution in [-0.2, 0) is 0 Å². The molecule has 0 spiro atoms. The minimum atomic E-state index is 0.280. The third kappa shape index (κ3) is 3.21. The molecule has 11 heavy (non-hydrogen) atoms. The van der Waals surface area contributed by atoms with Crippen LogP contribution < -0.4 is 0 Å². The Bertz CT molecular complexity index is 89.6. The second-order valence-electron chi connectivity index (χ2n) is 3.17. The number of nitrogens with zero attached hydrogens (tertiary/aromatic N) is 1. The Balaban J connectivity index is 3.98. The highest BCUT2D eigenvalue weighted by molar-refractivity contribution is 4.71. The maximum absolute atomic E-state index is 9.03. The van der Waals surface area contributed by atoms with Crippen LogP contribution in [0.3, 0.4) is 0 Å². The maximum Gasteiger partial charge on any atom is 0.0586 e. The fourth-order valence-corrected chi connectivity index (χ4v) is 1.51. The van der Waals surface area contributed by atoms with Crippen LogP contribution in [0.4, 0.5) is 0 Å². The summed E-state index contributed by atoms with van der Waals surface area (Å²) in [4.78, 5) is 2.32. The summed E-state index contributed by atoms with van der Waals surface area (Å²) in [5, 5.41) is 9.03. The van der Waals surface area contributed by atoms with Crippen molar-refractivity contribution in [1.82, 2.24) is 4.90 Å². The van der Waals surface area contributed by atoms with Gasteiger partial charge in [0, 0.05) is 12.1 Å². The van der Waals surface area contributed by atoms with Crippen LogP contribution in [0.5, 0.6) is 0 Å². The molecule has 0 aromatic rings. The first kappa shape index (κ1) is 10.9. The quantitative estimate of drug-likeness (QED) is 0.657. The molecule has 0 aromatic heterocycles. The Morgan fingerprint density at radius 3 is 1.91 bits per heavy atom. The van der Waals surface area contributed by atoms with E-state index in [0.29, 0.717) is 12.1 Å². The summed E-state index contributed by atoms with van der Waals surface area (Å²) in [5.74, 6) is 0. The topological polar surface area (TPSA) is 23.5 Å². The van der Waals surface area contributed by atoms with Gasteiger partial charge in [-0.25, -0.2) is 0 Å². The molecule has 0 heterocycles. The van der Waals surface area contributed by atoms with Crippen molar-refractivity contribution in [2.24, 2.45) is 0 Å². The van der Waals surface area contributed by atoms with Crippen LogP contribution >= 0.6 is 0 Å².